The number of halogens is 5. The number of nitrogens with zero attached hydrogens (tertiary/aromatic N) is 3. The highest BCUT2D eigenvalue weighted by Gasteiger charge is 2.31. The van der Waals surface area contributed by atoms with Gasteiger partial charge in [-0.15, -0.1) is 4.48 Å². The minimum absolute atomic E-state index is 0.0344. The zero-order valence-electron chi connectivity index (χ0n) is 23.7. The van der Waals surface area contributed by atoms with Gasteiger partial charge in [-0.3, -0.25) is 0 Å². The van der Waals surface area contributed by atoms with E-state index in [4.69, 9.17) is 0 Å². The van der Waals surface area contributed by atoms with Crippen LogP contribution in [-0.2, 0) is 16.4 Å². The van der Waals surface area contributed by atoms with E-state index < -0.39 is 17.3 Å². The molecule has 0 aliphatic carbocycles. The summed E-state index contributed by atoms with van der Waals surface area (Å²) in [6, 6.07) is 4.50. The third-order valence-electron chi connectivity index (χ3n) is 6.47. The lowest BCUT2D eigenvalue weighted by atomic mass is 10.0. The van der Waals surface area contributed by atoms with E-state index in [2.05, 4.69) is 18.8 Å². The van der Waals surface area contributed by atoms with Crippen LogP contribution in [0.5, 0.6) is 0 Å². The molecule has 0 atom stereocenters. The molecule has 0 heterocycles. The lowest BCUT2D eigenvalue weighted by Gasteiger charge is -2.14. The summed E-state index contributed by atoms with van der Waals surface area (Å²) < 4.78 is 79.5. The number of unbranched alkanes of at least 4 members (excludes halogenated alkanes) is 15. The second-order valence-electron chi connectivity index (χ2n) is 9.92. The van der Waals surface area contributed by atoms with Gasteiger partial charge in [0.1, 0.15) is 0 Å². The van der Waals surface area contributed by atoms with Crippen molar-refractivity contribution in [2.24, 2.45) is 0 Å². The van der Waals surface area contributed by atoms with Crippen LogP contribution in [0.2, 0.25) is 0 Å². The molecule has 0 aliphatic rings. The average Bonchev–Trinajstić information content (AvgIpc) is 2.88. The van der Waals surface area contributed by atoms with Crippen LogP contribution in [0.25, 0.3) is 4.98 Å². The van der Waals surface area contributed by atoms with Gasteiger partial charge < -0.3 is 17.3 Å². The Bertz CT molecular complexity index is 906. The van der Waals surface area contributed by atoms with Gasteiger partial charge in [0.15, 0.2) is 4.98 Å². The van der Waals surface area contributed by atoms with Gasteiger partial charge in [-0.25, -0.2) is 8.42 Å². The Morgan fingerprint density at radius 1 is 0.744 bits per heavy atom. The Kier molecular flexibility index (Phi) is 21.0. The normalized spacial score (nSPS) is 11.8. The molecule has 1 aromatic rings. The third-order valence-corrected chi connectivity index (χ3v) is 8.12. The van der Waals surface area contributed by atoms with Crippen molar-refractivity contribution in [3.8, 4) is 0 Å². The van der Waals surface area contributed by atoms with Crippen LogP contribution < -0.4 is 0 Å². The fraction of sp³-hybridized carbons (Fsp3) is 0.778. The number of hydrogen-bond donors (Lipinski definition) is 0. The summed E-state index contributed by atoms with van der Waals surface area (Å²) in [7, 11) is -10.3. The summed E-state index contributed by atoms with van der Waals surface area (Å²) in [4.78, 5) is 3.19. The molecule has 0 saturated heterocycles. The van der Waals surface area contributed by atoms with E-state index >= 15 is 0 Å². The van der Waals surface area contributed by atoms with Crippen molar-refractivity contribution in [3.05, 3.63) is 28.7 Å². The minimum Gasteiger partial charge on any atom is -0.418 e. The quantitative estimate of drug-likeness (QED) is 0.0475. The summed E-state index contributed by atoms with van der Waals surface area (Å²) in [6.07, 6.45) is 19.3. The first-order valence-corrected chi connectivity index (χ1v) is 16.0. The molecule has 0 fully saturated rings. The number of sulfonamides is 1. The topological polar surface area (TPSA) is 65.5 Å². The van der Waals surface area contributed by atoms with Crippen molar-refractivity contribution in [2.75, 3.05) is 6.54 Å². The lowest BCUT2D eigenvalue weighted by Crippen LogP contribution is -2.25. The Labute approximate surface area is 232 Å². The van der Waals surface area contributed by atoms with Gasteiger partial charge in [0.2, 0.25) is 5.39 Å². The Hall–Kier alpha value is -1.74. The summed E-state index contributed by atoms with van der Waals surface area (Å²) in [5.41, 5.74) is 0.618. The first-order valence-electron chi connectivity index (χ1n) is 14.5. The van der Waals surface area contributed by atoms with E-state index in [9.17, 15) is 35.6 Å². The lowest BCUT2D eigenvalue weighted by molar-refractivity contribution is 0.136. The predicted octanol–water partition coefficient (Wildman–Crippen LogP) is 10.6. The zero-order chi connectivity index (χ0) is 29.6. The first kappa shape index (κ1) is 37.3. The van der Waals surface area contributed by atoms with Crippen molar-refractivity contribution in [3.63, 3.8) is 0 Å². The number of rotatable bonds is 21. The van der Waals surface area contributed by atoms with Crippen molar-refractivity contribution in [1.29, 1.82) is 5.39 Å². The maximum atomic E-state index is 14.7. The van der Waals surface area contributed by atoms with Crippen molar-refractivity contribution < 1.29 is 30.2 Å². The van der Waals surface area contributed by atoms with Gasteiger partial charge in [0.25, 0.3) is 10.0 Å². The van der Waals surface area contributed by atoms with Crippen LogP contribution in [0.3, 0.4) is 0 Å². The molecule has 0 amide bonds. The first-order chi connectivity index (χ1) is 18.5. The molecule has 0 spiro atoms. The molecule has 39 heavy (non-hydrogen) atoms. The van der Waals surface area contributed by atoms with Gasteiger partial charge in [-0.05, 0) is 29.9 Å². The fourth-order valence-corrected chi connectivity index (χ4v) is 5.70. The van der Waals surface area contributed by atoms with Crippen molar-refractivity contribution in [1.82, 2.24) is 4.53 Å². The van der Waals surface area contributed by atoms with Gasteiger partial charge >= 0.3 is 12.9 Å². The molecule has 1 rings (SSSR count). The highest BCUT2D eigenvalue weighted by molar-refractivity contribution is 7.89. The fourth-order valence-electron chi connectivity index (χ4n) is 4.35. The highest BCUT2D eigenvalue weighted by Crippen LogP contribution is 2.31. The summed E-state index contributed by atoms with van der Waals surface area (Å²) in [5, 5.41) is 9.39. The molecule has 0 radical (unpaired) electrons. The van der Waals surface area contributed by atoms with E-state index in [-0.39, 0.29) is 21.7 Å². The predicted molar refractivity (Wildman–Crippen MR) is 150 cm³/mol. The molecule has 0 aliphatic heterocycles. The zero-order valence-corrected chi connectivity index (χ0v) is 24.5. The molecule has 0 bridgehead atoms. The smallest absolute Gasteiger partial charge is 0.418 e. The number of diazo groups is 1. The molecular formula is C27H47BF5N3O2S. The second-order valence-corrected chi connectivity index (χ2v) is 11.7. The molecule has 12 heteroatoms. The summed E-state index contributed by atoms with van der Waals surface area (Å²) >= 11 is 0. The molecule has 226 valence electrons. The number of benzene rings is 1. The Morgan fingerprint density at radius 2 is 1.15 bits per heavy atom. The monoisotopic (exact) mass is 583 g/mol. The second kappa shape index (κ2) is 22.0. The summed E-state index contributed by atoms with van der Waals surface area (Å²) in [6.45, 7) is 4.22. The maximum absolute atomic E-state index is 14.7. The van der Waals surface area contributed by atoms with Crippen LogP contribution in [0, 0.1) is 5.39 Å². The molecule has 0 saturated carbocycles. The minimum atomic E-state index is -6.00. The standard InChI is InChI=1S/C27H47FN3O2S.BF4/c1-3-5-7-9-11-12-13-14-15-16-18-21-25-26(30-29)22-20-23-27(25)34(32,33)31(28)24-19-17-10-8-6-4-2;2-1(3,4)5/h20,22-23H,3-19,21,24H2,1-2H3;/q+1;-1. The number of hydrogen-bond acceptors (Lipinski definition) is 3. The molecule has 0 unspecified atom stereocenters. The van der Waals surface area contributed by atoms with E-state index in [1.807, 2.05) is 0 Å². The van der Waals surface area contributed by atoms with Gasteiger partial charge in [-0.2, -0.15) is 0 Å². The van der Waals surface area contributed by atoms with Gasteiger partial charge in [0, 0.05) is 12.6 Å². The molecule has 5 nitrogen and oxygen atoms in total. The van der Waals surface area contributed by atoms with Crippen LogP contribution >= 0.6 is 0 Å². The summed E-state index contributed by atoms with van der Waals surface area (Å²) in [5.74, 6) is 0. The molecule has 0 N–H and O–H groups in total. The van der Waals surface area contributed by atoms with Crippen molar-refractivity contribution >= 4 is 23.0 Å². The van der Waals surface area contributed by atoms with Crippen LogP contribution in [0.1, 0.15) is 129 Å². The Morgan fingerprint density at radius 3 is 1.59 bits per heavy atom. The third kappa shape index (κ3) is 19.1. The van der Waals surface area contributed by atoms with Crippen LogP contribution in [0.15, 0.2) is 23.1 Å². The van der Waals surface area contributed by atoms with E-state index in [0.717, 1.165) is 51.4 Å². The molecular weight excluding hydrogens is 536 g/mol. The SMILES string of the molecule is CCCCCCCCCCCCCc1c([N+]#N)cccc1S(=O)(=O)N(F)CCCCCCCC.F[B-](F)(F)F. The highest BCUT2D eigenvalue weighted by atomic mass is 32.2. The van der Waals surface area contributed by atoms with E-state index in [1.54, 1.807) is 6.07 Å². The van der Waals surface area contributed by atoms with Crippen LogP contribution in [-0.4, -0.2) is 26.7 Å². The van der Waals surface area contributed by atoms with Crippen LogP contribution in [0.4, 0.5) is 27.4 Å². The van der Waals surface area contributed by atoms with Gasteiger partial charge in [-0.1, -0.05) is 116 Å². The van der Waals surface area contributed by atoms with Crippen molar-refractivity contribution in [2.45, 2.75) is 134 Å². The average molecular weight is 584 g/mol. The van der Waals surface area contributed by atoms with E-state index in [1.165, 1.54) is 63.5 Å². The largest absolute Gasteiger partial charge is 0.673 e. The van der Waals surface area contributed by atoms with E-state index in [0.29, 0.717) is 18.4 Å². The molecule has 1 aromatic carbocycles. The Balaban J connectivity index is 0.00000263. The molecule has 0 aromatic heterocycles. The van der Waals surface area contributed by atoms with Gasteiger partial charge in [0.05, 0.1) is 10.5 Å². The maximum Gasteiger partial charge on any atom is 0.673 e.